The first kappa shape index (κ1) is 20.4. The maximum atomic E-state index is 12.0. The molecule has 0 saturated carbocycles. The fourth-order valence-corrected chi connectivity index (χ4v) is 3.02. The van der Waals surface area contributed by atoms with Gasteiger partial charge in [-0.1, -0.05) is 0 Å². The highest BCUT2D eigenvalue weighted by Crippen LogP contribution is 2.19. The van der Waals surface area contributed by atoms with E-state index in [-0.39, 0.29) is 17.7 Å². The number of carboxylic acid groups (broad SMARTS) is 1. The number of urea groups is 1. The maximum Gasteiger partial charge on any atom is 0.319 e. The van der Waals surface area contributed by atoms with Crippen molar-refractivity contribution in [2.24, 2.45) is 0 Å². The summed E-state index contributed by atoms with van der Waals surface area (Å²) in [6.45, 7) is 4.71. The molecule has 0 heterocycles. The Morgan fingerprint density at radius 3 is 2.32 bits per heavy atom. The van der Waals surface area contributed by atoms with Crippen LogP contribution in [0.25, 0.3) is 0 Å². The van der Waals surface area contributed by atoms with E-state index in [1.54, 1.807) is 19.9 Å². The minimum atomic E-state index is -3.72. The third-order valence-corrected chi connectivity index (χ3v) is 5.47. The molecule has 0 spiro atoms. The Hall–Kier alpha value is -2.60. The van der Waals surface area contributed by atoms with Gasteiger partial charge in [-0.15, -0.1) is 0 Å². The molecule has 3 N–H and O–H groups in total. The molecule has 1 aromatic rings. The predicted octanol–water partition coefficient (Wildman–Crippen LogP) is 2.14. The Kier molecular flexibility index (Phi) is 6.53. The fourth-order valence-electron chi connectivity index (χ4n) is 1.95. The third-order valence-electron chi connectivity index (χ3n) is 3.50. The van der Waals surface area contributed by atoms with Crippen LogP contribution in [0.3, 0.4) is 0 Å². The van der Waals surface area contributed by atoms with Gasteiger partial charge in [0.25, 0.3) is 0 Å². The molecule has 1 unspecified atom stereocenters. The van der Waals surface area contributed by atoms with Gasteiger partial charge in [0.05, 0.1) is 11.0 Å². The first-order chi connectivity index (χ1) is 11.5. The van der Waals surface area contributed by atoms with Gasteiger partial charge in [-0.3, -0.25) is 4.79 Å². The topological polar surface area (TPSA) is 136 Å². The van der Waals surface area contributed by atoms with Crippen LogP contribution in [0.5, 0.6) is 0 Å². The standard InChI is InChI=1S/C16H21N3O5S/c1-11(10-17)25(23,24)13-6-4-12(5-7-13)18-15(22)19-16(2,3)9-8-14(20)21/h4-7,11H,8-9H2,1-3H3,(H,20,21)(H2,18,19,22). The quantitative estimate of drug-likeness (QED) is 0.675. The molecule has 25 heavy (non-hydrogen) atoms. The molecule has 9 heteroatoms. The molecule has 1 atom stereocenters. The number of nitriles is 1. The number of carbonyl (C=O) groups excluding carboxylic acids is 1. The number of nitrogens with zero attached hydrogens (tertiary/aromatic N) is 1. The van der Waals surface area contributed by atoms with E-state index in [9.17, 15) is 18.0 Å². The number of carboxylic acids is 1. The molecule has 0 bridgehead atoms. The SMILES string of the molecule is CC(C#N)S(=O)(=O)c1ccc(NC(=O)NC(C)(C)CCC(=O)O)cc1. The summed E-state index contributed by atoms with van der Waals surface area (Å²) in [4.78, 5) is 22.6. The largest absolute Gasteiger partial charge is 0.481 e. The van der Waals surface area contributed by atoms with Crippen molar-refractivity contribution < 1.29 is 23.1 Å². The fraction of sp³-hybridized carbons (Fsp3) is 0.438. The molecule has 0 aromatic heterocycles. The van der Waals surface area contributed by atoms with Gasteiger partial charge in [-0.2, -0.15) is 5.26 Å². The molecule has 0 fully saturated rings. The first-order valence-electron chi connectivity index (χ1n) is 7.52. The summed E-state index contributed by atoms with van der Waals surface area (Å²) in [7, 11) is -3.72. The van der Waals surface area contributed by atoms with Gasteiger partial charge >= 0.3 is 12.0 Å². The first-order valence-corrected chi connectivity index (χ1v) is 9.07. The minimum Gasteiger partial charge on any atom is -0.481 e. The Bertz CT molecular complexity index is 779. The lowest BCUT2D eigenvalue weighted by Gasteiger charge is -2.25. The zero-order chi connectivity index (χ0) is 19.3. The molecule has 136 valence electrons. The molecular weight excluding hydrogens is 346 g/mol. The molecule has 1 rings (SSSR count). The number of hydrogen-bond donors (Lipinski definition) is 3. The molecular formula is C16H21N3O5S. The van der Waals surface area contributed by atoms with Gasteiger partial charge in [0, 0.05) is 17.6 Å². The Balaban J connectivity index is 2.74. The summed E-state index contributed by atoms with van der Waals surface area (Å²) in [6.07, 6.45) is 0.190. The summed E-state index contributed by atoms with van der Waals surface area (Å²) >= 11 is 0. The van der Waals surface area contributed by atoms with E-state index in [1.807, 2.05) is 0 Å². The summed E-state index contributed by atoms with van der Waals surface area (Å²) < 4.78 is 24.1. The van der Waals surface area contributed by atoms with E-state index in [4.69, 9.17) is 10.4 Å². The van der Waals surface area contributed by atoms with Crippen molar-refractivity contribution in [3.8, 4) is 6.07 Å². The second kappa shape index (κ2) is 7.98. The number of nitrogens with one attached hydrogen (secondary N) is 2. The number of benzene rings is 1. The monoisotopic (exact) mass is 367 g/mol. The smallest absolute Gasteiger partial charge is 0.319 e. The summed E-state index contributed by atoms with van der Waals surface area (Å²) in [5.41, 5.74) is -0.344. The molecule has 8 nitrogen and oxygen atoms in total. The van der Waals surface area contributed by atoms with Gasteiger partial charge in [-0.25, -0.2) is 13.2 Å². The number of rotatable bonds is 7. The van der Waals surface area contributed by atoms with Crippen molar-refractivity contribution in [1.29, 1.82) is 5.26 Å². The number of anilines is 1. The highest BCUT2D eigenvalue weighted by molar-refractivity contribution is 7.92. The van der Waals surface area contributed by atoms with Crippen LogP contribution in [0.15, 0.2) is 29.2 Å². The Morgan fingerprint density at radius 1 is 1.28 bits per heavy atom. The van der Waals surface area contributed by atoms with Gasteiger partial charge in [0.15, 0.2) is 9.84 Å². The van der Waals surface area contributed by atoms with Crippen molar-refractivity contribution in [2.75, 3.05) is 5.32 Å². The zero-order valence-electron chi connectivity index (χ0n) is 14.2. The average Bonchev–Trinajstić information content (AvgIpc) is 2.52. The van der Waals surface area contributed by atoms with E-state index in [2.05, 4.69) is 10.6 Å². The van der Waals surface area contributed by atoms with Gasteiger partial charge in [-0.05, 0) is 51.5 Å². The van der Waals surface area contributed by atoms with E-state index in [0.29, 0.717) is 5.69 Å². The number of aliphatic carboxylic acids is 1. The van der Waals surface area contributed by atoms with Gasteiger partial charge in [0.2, 0.25) is 0 Å². The van der Waals surface area contributed by atoms with E-state index < -0.39 is 32.6 Å². The second-order valence-corrected chi connectivity index (χ2v) is 8.47. The number of carbonyl (C=O) groups is 2. The normalized spacial score (nSPS) is 12.7. The highest BCUT2D eigenvalue weighted by atomic mass is 32.2. The van der Waals surface area contributed by atoms with Crippen LogP contribution < -0.4 is 10.6 Å². The van der Waals surface area contributed by atoms with Crippen molar-refractivity contribution in [2.45, 2.75) is 49.3 Å². The van der Waals surface area contributed by atoms with E-state index in [1.165, 1.54) is 31.2 Å². The number of amides is 2. The highest BCUT2D eigenvalue weighted by Gasteiger charge is 2.23. The molecule has 0 aliphatic heterocycles. The lowest BCUT2D eigenvalue weighted by molar-refractivity contribution is -0.137. The van der Waals surface area contributed by atoms with Crippen LogP contribution in [0, 0.1) is 11.3 Å². The van der Waals surface area contributed by atoms with Crippen LogP contribution >= 0.6 is 0 Å². The molecule has 1 aromatic carbocycles. The van der Waals surface area contributed by atoms with Gasteiger partial charge < -0.3 is 15.7 Å². The lowest BCUT2D eigenvalue weighted by atomic mass is 9.99. The second-order valence-electron chi connectivity index (χ2n) is 6.20. The van der Waals surface area contributed by atoms with Crippen LogP contribution in [0.2, 0.25) is 0 Å². The molecule has 0 radical (unpaired) electrons. The summed E-state index contributed by atoms with van der Waals surface area (Å²) in [5, 5.41) is 21.5. The number of sulfone groups is 1. The van der Waals surface area contributed by atoms with Crippen molar-refractivity contribution in [1.82, 2.24) is 5.32 Å². The third kappa shape index (κ3) is 6.08. The minimum absolute atomic E-state index is 0.00528. The molecule has 0 saturated heterocycles. The van der Waals surface area contributed by atoms with Crippen LogP contribution in [0.4, 0.5) is 10.5 Å². The van der Waals surface area contributed by atoms with E-state index in [0.717, 1.165) is 0 Å². The molecule has 2 amide bonds. The Labute approximate surface area is 146 Å². The maximum absolute atomic E-state index is 12.0. The summed E-state index contributed by atoms with van der Waals surface area (Å²) in [5.74, 6) is -0.946. The van der Waals surface area contributed by atoms with Crippen LogP contribution in [-0.2, 0) is 14.6 Å². The van der Waals surface area contributed by atoms with Crippen molar-refractivity contribution >= 4 is 27.5 Å². The van der Waals surface area contributed by atoms with Gasteiger partial charge in [0.1, 0.15) is 5.25 Å². The number of hydrogen-bond acceptors (Lipinski definition) is 5. The van der Waals surface area contributed by atoms with Crippen molar-refractivity contribution in [3.05, 3.63) is 24.3 Å². The van der Waals surface area contributed by atoms with Crippen LogP contribution in [0.1, 0.15) is 33.6 Å². The Morgan fingerprint density at radius 2 is 1.84 bits per heavy atom. The van der Waals surface area contributed by atoms with E-state index >= 15 is 0 Å². The van der Waals surface area contributed by atoms with Crippen molar-refractivity contribution in [3.63, 3.8) is 0 Å². The molecule has 0 aliphatic rings. The lowest BCUT2D eigenvalue weighted by Crippen LogP contribution is -2.45. The summed E-state index contributed by atoms with van der Waals surface area (Å²) in [6, 6.07) is 6.62. The molecule has 0 aliphatic carbocycles. The zero-order valence-corrected chi connectivity index (χ0v) is 15.1. The van der Waals surface area contributed by atoms with Crippen LogP contribution in [-0.4, -0.2) is 36.3 Å². The average molecular weight is 367 g/mol. The predicted molar refractivity (Wildman–Crippen MR) is 91.8 cm³/mol.